The first-order chi connectivity index (χ1) is 12.3. The second-order valence-electron chi connectivity index (χ2n) is 6.01. The number of ether oxygens (including phenoxy) is 1. The molecule has 3 rings (SSSR count). The standard InChI is InChI=1S/C18H18FNO5S/c1-25-17-5-4-14(19)11-16(17)12-8-13(18(21)22)10-15(9-12)26(23,24)20-6-2-3-7-20/h4-5,8-11H,2-3,6-7H2,1H3,(H,21,22). The Morgan fingerprint density at radius 2 is 1.85 bits per heavy atom. The first-order valence-electron chi connectivity index (χ1n) is 8.05. The fourth-order valence-electron chi connectivity index (χ4n) is 3.01. The van der Waals surface area contributed by atoms with Gasteiger partial charge in [0.05, 0.1) is 17.6 Å². The van der Waals surface area contributed by atoms with Gasteiger partial charge in [0.15, 0.2) is 0 Å². The van der Waals surface area contributed by atoms with E-state index in [1.165, 1.54) is 41.7 Å². The average molecular weight is 379 g/mol. The number of aromatic carboxylic acids is 1. The number of carboxylic acids is 1. The second-order valence-corrected chi connectivity index (χ2v) is 7.94. The number of carboxylic acid groups (broad SMARTS) is 1. The Morgan fingerprint density at radius 3 is 2.46 bits per heavy atom. The summed E-state index contributed by atoms with van der Waals surface area (Å²) in [7, 11) is -2.42. The highest BCUT2D eigenvalue weighted by Gasteiger charge is 2.28. The number of sulfonamides is 1. The normalized spacial score (nSPS) is 15.2. The smallest absolute Gasteiger partial charge is 0.335 e. The third kappa shape index (κ3) is 3.42. The van der Waals surface area contributed by atoms with Gasteiger partial charge in [-0.15, -0.1) is 0 Å². The molecular formula is C18H18FNO5S. The van der Waals surface area contributed by atoms with Crippen molar-refractivity contribution in [3.63, 3.8) is 0 Å². The Balaban J connectivity index is 2.20. The van der Waals surface area contributed by atoms with Gasteiger partial charge in [-0.05, 0) is 54.8 Å². The van der Waals surface area contributed by atoms with Gasteiger partial charge >= 0.3 is 5.97 Å². The van der Waals surface area contributed by atoms with Gasteiger partial charge in [-0.2, -0.15) is 4.31 Å². The van der Waals surface area contributed by atoms with Crippen LogP contribution in [0.1, 0.15) is 23.2 Å². The molecule has 0 bridgehead atoms. The Hall–Kier alpha value is -2.45. The van der Waals surface area contributed by atoms with E-state index in [4.69, 9.17) is 4.74 Å². The van der Waals surface area contributed by atoms with E-state index in [-0.39, 0.29) is 21.6 Å². The quantitative estimate of drug-likeness (QED) is 0.863. The van der Waals surface area contributed by atoms with Crippen molar-refractivity contribution >= 4 is 16.0 Å². The molecular weight excluding hydrogens is 361 g/mol. The Bertz CT molecular complexity index is 952. The zero-order valence-electron chi connectivity index (χ0n) is 14.1. The van der Waals surface area contributed by atoms with Crippen LogP contribution < -0.4 is 4.74 Å². The van der Waals surface area contributed by atoms with Gasteiger partial charge in [-0.3, -0.25) is 0 Å². The number of hydrogen-bond acceptors (Lipinski definition) is 4. The molecule has 8 heteroatoms. The van der Waals surface area contributed by atoms with Crippen LogP contribution in [-0.2, 0) is 10.0 Å². The van der Waals surface area contributed by atoms with Gasteiger partial charge in [0.2, 0.25) is 10.0 Å². The van der Waals surface area contributed by atoms with Crippen molar-refractivity contribution in [3.05, 3.63) is 47.8 Å². The summed E-state index contributed by atoms with van der Waals surface area (Å²) in [5, 5.41) is 9.38. The summed E-state index contributed by atoms with van der Waals surface area (Å²) >= 11 is 0. The van der Waals surface area contributed by atoms with Crippen LogP contribution in [0.3, 0.4) is 0 Å². The van der Waals surface area contributed by atoms with E-state index in [0.29, 0.717) is 18.8 Å². The summed E-state index contributed by atoms with van der Waals surface area (Å²) in [6, 6.07) is 7.61. The molecule has 2 aromatic rings. The number of benzene rings is 2. The zero-order valence-corrected chi connectivity index (χ0v) is 14.9. The number of halogens is 1. The zero-order chi connectivity index (χ0) is 18.9. The fraction of sp³-hybridized carbons (Fsp3) is 0.278. The predicted molar refractivity (Wildman–Crippen MR) is 93.3 cm³/mol. The molecule has 26 heavy (non-hydrogen) atoms. The van der Waals surface area contributed by atoms with Crippen molar-refractivity contribution < 1.29 is 27.4 Å². The third-order valence-electron chi connectivity index (χ3n) is 4.33. The van der Waals surface area contributed by atoms with Crippen LogP contribution in [0.2, 0.25) is 0 Å². The maximum atomic E-state index is 13.7. The Labute approximate surface area is 150 Å². The molecule has 0 aliphatic carbocycles. The lowest BCUT2D eigenvalue weighted by molar-refractivity contribution is 0.0696. The number of carbonyl (C=O) groups is 1. The molecule has 1 N–H and O–H groups in total. The molecule has 1 saturated heterocycles. The number of methoxy groups -OCH3 is 1. The maximum absolute atomic E-state index is 13.7. The van der Waals surface area contributed by atoms with Gasteiger partial charge in [-0.25, -0.2) is 17.6 Å². The molecule has 1 fully saturated rings. The molecule has 0 radical (unpaired) electrons. The lowest BCUT2D eigenvalue weighted by atomic mass is 10.0. The summed E-state index contributed by atoms with van der Waals surface area (Å²) in [6.45, 7) is 0.802. The maximum Gasteiger partial charge on any atom is 0.335 e. The van der Waals surface area contributed by atoms with Crippen LogP contribution >= 0.6 is 0 Å². The minimum Gasteiger partial charge on any atom is -0.496 e. The molecule has 1 heterocycles. The minimum atomic E-state index is -3.82. The van der Waals surface area contributed by atoms with E-state index >= 15 is 0 Å². The Morgan fingerprint density at radius 1 is 1.15 bits per heavy atom. The second kappa shape index (κ2) is 7.05. The van der Waals surface area contributed by atoms with Gasteiger partial charge in [0, 0.05) is 18.7 Å². The van der Waals surface area contributed by atoms with Crippen LogP contribution in [0, 0.1) is 5.82 Å². The van der Waals surface area contributed by atoms with Crippen molar-refractivity contribution in [3.8, 4) is 16.9 Å². The SMILES string of the molecule is COc1ccc(F)cc1-c1cc(C(=O)O)cc(S(=O)(=O)N2CCCC2)c1. The molecule has 0 aromatic heterocycles. The largest absolute Gasteiger partial charge is 0.496 e. The van der Waals surface area contributed by atoms with Gasteiger partial charge in [-0.1, -0.05) is 0 Å². The monoisotopic (exact) mass is 379 g/mol. The lowest BCUT2D eigenvalue weighted by Crippen LogP contribution is -2.28. The minimum absolute atomic E-state index is 0.124. The topological polar surface area (TPSA) is 83.9 Å². The molecule has 0 saturated carbocycles. The van der Waals surface area contributed by atoms with Crippen LogP contribution in [0.4, 0.5) is 4.39 Å². The van der Waals surface area contributed by atoms with Gasteiger partial charge in [0.25, 0.3) is 0 Å². The molecule has 1 aliphatic heterocycles. The lowest BCUT2D eigenvalue weighted by Gasteiger charge is -2.17. The van der Waals surface area contributed by atoms with Crippen molar-refractivity contribution in [1.29, 1.82) is 0 Å². The number of hydrogen-bond donors (Lipinski definition) is 1. The average Bonchev–Trinajstić information content (AvgIpc) is 3.16. The van der Waals surface area contributed by atoms with Crippen molar-refractivity contribution in [2.45, 2.75) is 17.7 Å². The Kier molecular flexibility index (Phi) is 4.97. The predicted octanol–water partition coefficient (Wildman–Crippen LogP) is 2.98. The molecule has 2 aromatic carbocycles. The highest BCUT2D eigenvalue weighted by molar-refractivity contribution is 7.89. The van der Waals surface area contributed by atoms with E-state index in [1.807, 2.05) is 0 Å². The van der Waals surface area contributed by atoms with Crippen molar-refractivity contribution in [2.24, 2.45) is 0 Å². The molecule has 138 valence electrons. The van der Waals surface area contributed by atoms with E-state index in [2.05, 4.69) is 0 Å². The summed E-state index contributed by atoms with van der Waals surface area (Å²) in [5.41, 5.74) is 0.360. The molecule has 0 spiro atoms. The molecule has 0 atom stereocenters. The first kappa shape index (κ1) is 18.3. The van der Waals surface area contributed by atoms with Crippen LogP contribution in [-0.4, -0.2) is 44.0 Å². The molecule has 1 aliphatic rings. The molecule has 0 unspecified atom stereocenters. The van der Waals surface area contributed by atoms with Crippen molar-refractivity contribution in [2.75, 3.05) is 20.2 Å². The number of rotatable bonds is 5. The fourth-order valence-corrected chi connectivity index (χ4v) is 4.60. The highest BCUT2D eigenvalue weighted by atomic mass is 32.2. The number of nitrogens with zero attached hydrogens (tertiary/aromatic N) is 1. The third-order valence-corrected chi connectivity index (χ3v) is 6.21. The van der Waals surface area contributed by atoms with Crippen LogP contribution in [0.15, 0.2) is 41.3 Å². The summed E-state index contributed by atoms with van der Waals surface area (Å²) < 4.78 is 45.9. The van der Waals surface area contributed by atoms with E-state index < -0.39 is 21.8 Å². The summed E-state index contributed by atoms with van der Waals surface area (Å²) in [4.78, 5) is 11.4. The van der Waals surface area contributed by atoms with E-state index in [0.717, 1.165) is 18.9 Å². The van der Waals surface area contributed by atoms with E-state index in [9.17, 15) is 22.7 Å². The van der Waals surface area contributed by atoms with Crippen molar-refractivity contribution in [1.82, 2.24) is 4.31 Å². The van der Waals surface area contributed by atoms with Crippen LogP contribution in [0.5, 0.6) is 5.75 Å². The van der Waals surface area contributed by atoms with E-state index in [1.54, 1.807) is 0 Å². The van der Waals surface area contributed by atoms with Gasteiger partial charge < -0.3 is 9.84 Å². The van der Waals surface area contributed by atoms with Crippen LogP contribution in [0.25, 0.3) is 11.1 Å². The summed E-state index contributed by atoms with van der Waals surface area (Å²) in [6.07, 6.45) is 1.53. The van der Waals surface area contributed by atoms with Gasteiger partial charge in [0.1, 0.15) is 11.6 Å². The molecule has 0 amide bonds. The summed E-state index contributed by atoms with van der Waals surface area (Å²) in [5.74, 6) is -1.48. The highest BCUT2D eigenvalue weighted by Crippen LogP contribution is 2.34. The molecule has 6 nitrogen and oxygen atoms in total. The first-order valence-corrected chi connectivity index (χ1v) is 9.49.